The zero-order valence-corrected chi connectivity index (χ0v) is 12.5. The van der Waals surface area contributed by atoms with E-state index >= 15 is 0 Å². The largest absolute Gasteiger partial charge is 0.324 e. The number of nitrogens with two attached hydrogens (primary N) is 1. The van der Waals surface area contributed by atoms with Crippen LogP contribution >= 0.6 is 15.9 Å². The van der Waals surface area contributed by atoms with Gasteiger partial charge >= 0.3 is 0 Å². The second-order valence-corrected chi connectivity index (χ2v) is 6.73. The zero-order chi connectivity index (χ0) is 12.6. The normalized spacial score (nSPS) is 17.0. The van der Waals surface area contributed by atoms with Crippen LogP contribution in [-0.2, 0) is 13.0 Å². The average molecular weight is 297 g/mol. The quantitative estimate of drug-likeness (QED) is 0.909. The van der Waals surface area contributed by atoms with Gasteiger partial charge in [-0.3, -0.25) is 4.90 Å². The lowest BCUT2D eigenvalue weighted by Crippen LogP contribution is -2.46. The molecule has 1 aliphatic heterocycles. The van der Waals surface area contributed by atoms with Crippen LogP contribution in [0.15, 0.2) is 16.6 Å². The van der Waals surface area contributed by atoms with Crippen LogP contribution < -0.4 is 5.73 Å². The van der Waals surface area contributed by atoms with E-state index < -0.39 is 0 Å². The predicted molar refractivity (Wildman–Crippen MR) is 76.1 cm³/mol. The number of aryl methyl sites for hydroxylation is 1. The Morgan fingerprint density at radius 3 is 2.76 bits per heavy atom. The fourth-order valence-electron chi connectivity index (χ4n) is 2.58. The predicted octanol–water partition coefficient (Wildman–Crippen LogP) is 2.85. The minimum absolute atomic E-state index is 0.110. The van der Waals surface area contributed by atoms with Crippen molar-refractivity contribution in [3.8, 4) is 0 Å². The van der Waals surface area contributed by atoms with Crippen molar-refractivity contribution in [1.29, 1.82) is 0 Å². The molecule has 1 aliphatic rings. The highest BCUT2D eigenvalue weighted by Crippen LogP contribution is 2.26. The molecule has 3 heteroatoms. The Morgan fingerprint density at radius 2 is 2.12 bits per heavy atom. The Labute approximate surface area is 112 Å². The van der Waals surface area contributed by atoms with Crippen molar-refractivity contribution in [1.82, 2.24) is 4.90 Å². The molecular weight excluding hydrogens is 276 g/mol. The molecule has 0 unspecified atom stereocenters. The van der Waals surface area contributed by atoms with Crippen molar-refractivity contribution in [2.75, 3.05) is 13.1 Å². The molecule has 1 aromatic carbocycles. The number of nitrogens with zero attached hydrogens (tertiary/aromatic N) is 1. The van der Waals surface area contributed by atoms with E-state index in [9.17, 15) is 0 Å². The van der Waals surface area contributed by atoms with E-state index in [0.717, 1.165) is 26.1 Å². The summed E-state index contributed by atoms with van der Waals surface area (Å²) in [6.45, 7) is 9.50. The van der Waals surface area contributed by atoms with Gasteiger partial charge in [0, 0.05) is 29.6 Å². The second kappa shape index (κ2) is 4.71. The number of hydrogen-bond acceptors (Lipinski definition) is 2. The summed E-state index contributed by atoms with van der Waals surface area (Å²) in [4.78, 5) is 2.46. The Morgan fingerprint density at radius 1 is 1.41 bits per heavy atom. The molecule has 0 saturated carbocycles. The summed E-state index contributed by atoms with van der Waals surface area (Å²) in [5, 5.41) is 0. The third-order valence-corrected chi connectivity index (χ3v) is 3.70. The molecule has 0 spiro atoms. The lowest BCUT2D eigenvalue weighted by Gasteiger charge is -2.34. The van der Waals surface area contributed by atoms with Gasteiger partial charge in [0.05, 0.1) is 0 Å². The maximum Gasteiger partial charge on any atom is 0.0240 e. The highest BCUT2D eigenvalue weighted by molar-refractivity contribution is 9.10. The minimum atomic E-state index is -0.110. The van der Waals surface area contributed by atoms with Crippen LogP contribution in [0.5, 0.6) is 0 Å². The average Bonchev–Trinajstić information content (AvgIpc) is 2.16. The van der Waals surface area contributed by atoms with Gasteiger partial charge in [-0.15, -0.1) is 0 Å². The standard InChI is InChI=1S/C14H21BrN2/c1-10-6-12(15)7-11-4-5-17(8-13(10)11)9-14(2,3)16/h6-7H,4-5,8-9,16H2,1-3H3. The van der Waals surface area contributed by atoms with E-state index in [2.05, 4.69) is 53.7 Å². The topological polar surface area (TPSA) is 29.3 Å². The van der Waals surface area contributed by atoms with Crippen LogP contribution in [0.25, 0.3) is 0 Å². The minimum Gasteiger partial charge on any atom is -0.324 e. The summed E-state index contributed by atoms with van der Waals surface area (Å²) < 4.78 is 1.20. The van der Waals surface area contributed by atoms with Crippen LogP contribution in [-0.4, -0.2) is 23.5 Å². The van der Waals surface area contributed by atoms with Gasteiger partial charge in [-0.2, -0.15) is 0 Å². The highest BCUT2D eigenvalue weighted by atomic mass is 79.9. The molecule has 1 heterocycles. The molecule has 17 heavy (non-hydrogen) atoms. The third-order valence-electron chi connectivity index (χ3n) is 3.24. The molecule has 0 atom stereocenters. The first-order valence-electron chi connectivity index (χ1n) is 6.14. The number of hydrogen-bond donors (Lipinski definition) is 1. The molecular formula is C14H21BrN2. The van der Waals surface area contributed by atoms with Crippen molar-refractivity contribution in [3.63, 3.8) is 0 Å². The molecule has 0 amide bonds. The van der Waals surface area contributed by atoms with E-state index in [0.29, 0.717) is 0 Å². The number of rotatable bonds is 2. The zero-order valence-electron chi connectivity index (χ0n) is 10.9. The fourth-order valence-corrected chi connectivity index (χ4v) is 3.20. The molecule has 94 valence electrons. The van der Waals surface area contributed by atoms with Crippen molar-refractivity contribution in [2.24, 2.45) is 5.73 Å². The van der Waals surface area contributed by atoms with E-state index in [1.165, 1.54) is 21.2 Å². The van der Waals surface area contributed by atoms with E-state index in [1.807, 2.05) is 0 Å². The van der Waals surface area contributed by atoms with Crippen molar-refractivity contribution >= 4 is 15.9 Å². The van der Waals surface area contributed by atoms with Gasteiger partial charge in [-0.1, -0.05) is 15.9 Å². The molecule has 0 saturated heterocycles. The molecule has 0 fully saturated rings. The summed E-state index contributed by atoms with van der Waals surface area (Å²) in [5.74, 6) is 0. The lowest BCUT2D eigenvalue weighted by molar-refractivity contribution is 0.209. The Kier molecular flexibility index (Phi) is 3.62. The van der Waals surface area contributed by atoms with E-state index in [4.69, 9.17) is 5.73 Å². The maximum atomic E-state index is 6.10. The first-order chi connectivity index (χ1) is 7.85. The van der Waals surface area contributed by atoms with Gasteiger partial charge in [-0.25, -0.2) is 0 Å². The SMILES string of the molecule is Cc1cc(Br)cc2c1CN(CC(C)(C)N)CC2. The van der Waals surface area contributed by atoms with Gasteiger partial charge in [0.25, 0.3) is 0 Å². The summed E-state index contributed by atoms with van der Waals surface area (Å²) >= 11 is 3.57. The number of halogens is 1. The van der Waals surface area contributed by atoms with Gasteiger partial charge < -0.3 is 5.73 Å². The molecule has 1 aromatic rings. The lowest BCUT2D eigenvalue weighted by atomic mass is 9.94. The highest BCUT2D eigenvalue weighted by Gasteiger charge is 2.22. The number of fused-ring (bicyclic) bond motifs is 1. The molecule has 2 N–H and O–H groups in total. The van der Waals surface area contributed by atoms with Gasteiger partial charge in [0.1, 0.15) is 0 Å². The second-order valence-electron chi connectivity index (χ2n) is 5.81. The van der Waals surface area contributed by atoms with Crippen LogP contribution in [0.2, 0.25) is 0 Å². The van der Waals surface area contributed by atoms with Crippen molar-refractivity contribution < 1.29 is 0 Å². The molecule has 0 aliphatic carbocycles. The van der Waals surface area contributed by atoms with Gasteiger partial charge in [0.2, 0.25) is 0 Å². The van der Waals surface area contributed by atoms with Crippen LogP contribution in [0.4, 0.5) is 0 Å². The molecule has 2 rings (SSSR count). The van der Waals surface area contributed by atoms with Gasteiger partial charge in [0.15, 0.2) is 0 Å². The van der Waals surface area contributed by atoms with E-state index in [-0.39, 0.29) is 5.54 Å². The van der Waals surface area contributed by atoms with Crippen molar-refractivity contribution in [3.05, 3.63) is 33.3 Å². The molecule has 2 nitrogen and oxygen atoms in total. The first kappa shape index (κ1) is 13.1. The number of benzene rings is 1. The molecule has 0 aromatic heterocycles. The monoisotopic (exact) mass is 296 g/mol. The van der Waals surface area contributed by atoms with Crippen molar-refractivity contribution in [2.45, 2.75) is 39.3 Å². The van der Waals surface area contributed by atoms with Crippen LogP contribution in [0.3, 0.4) is 0 Å². The fraction of sp³-hybridized carbons (Fsp3) is 0.571. The van der Waals surface area contributed by atoms with Gasteiger partial charge in [-0.05, 0) is 56.0 Å². The third kappa shape index (κ3) is 3.30. The van der Waals surface area contributed by atoms with E-state index in [1.54, 1.807) is 0 Å². The maximum absolute atomic E-state index is 6.10. The summed E-state index contributed by atoms with van der Waals surface area (Å²) in [5.41, 5.74) is 10.4. The van der Waals surface area contributed by atoms with Crippen LogP contribution in [0.1, 0.15) is 30.5 Å². The van der Waals surface area contributed by atoms with Crippen LogP contribution in [0, 0.1) is 6.92 Å². The Balaban J connectivity index is 2.19. The summed E-state index contributed by atoms with van der Waals surface area (Å²) in [7, 11) is 0. The summed E-state index contributed by atoms with van der Waals surface area (Å²) in [6, 6.07) is 4.46. The molecule has 0 radical (unpaired) electrons. The molecule has 0 bridgehead atoms. The summed E-state index contributed by atoms with van der Waals surface area (Å²) in [6.07, 6.45) is 1.13. The smallest absolute Gasteiger partial charge is 0.0240 e. The first-order valence-corrected chi connectivity index (χ1v) is 6.93. The Hall–Kier alpha value is -0.380. The Bertz CT molecular complexity index is 421.